The summed E-state index contributed by atoms with van der Waals surface area (Å²) in [5.74, 6) is 0.0666. The van der Waals surface area contributed by atoms with Crippen molar-refractivity contribution in [2.75, 3.05) is 13.6 Å². The molecule has 2 aliphatic rings. The number of hydrogen-bond donors (Lipinski definition) is 3. The van der Waals surface area contributed by atoms with Gasteiger partial charge in [-0.05, 0) is 78.5 Å². The Morgan fingerprint density at radius 3 is 2.20 bits per heavy atom. The SMILES string of the molecule is CN(Cc1ccccc1)C1=NC2(CCC(C(C)(C)C)CC2)N(C(CCC(C)(C)C)c2ccc(C(=O)NCCC(=O)O)cc2)C1O. The van der Waals surface area contributed by atoms with Crippen LogP contribution < -0.4 is 5.32 Å². The van der Waals surface area contributed by atoms with E-state index in [1.165, 1.54) is 5.56 Å². The number of aliphatic imine (C=N–C) groups is 1. The monoisotopic (exact) mass is 618 g/mol. The first kappa shape index (κ1) is 34.6. The predicted octanol–water partition coefficient (Wildman–Crippen LogP) is 6.86. The highest BCUT2D eigenvalue weighted by molar-refractivity contribution is 5.94. The van der Waals surface area contributed by atoms with Crippen LogP contribution in [0.25, 0.3) is 0 Å². The van der Waals surface area contributed by atoms with Crippen molar-refractivity contribution in [2.45, 2.75) is 111 Å². The zero-order chi connectivity index (χ0) is 33.0. The Morgan fingerprint density at radius 1 is 1.02 bits per heavy atom. The lowest BCUT2D eigenvalue weighted by atomic mass is 9.69. The number of nitrogens with one attached hydrogen (secondary N) is 1. The second kappa shape index (κ2) is 14.0. The maximum atomic E-state index is 12.7. The molecule has 1 aliphatic heterocycles. The summed E-state index contributed by atoms with van der Waals surface area (Å²) >= 11 is 0. The van der Waals surface area contributed by atoms with Gasteiger partial charge in [-0.25, -0.2) is 9.89 Å². The van der Waals surface area contributed by atoms with Gasteiger partial charge in [0.15, 0.2) is 6.23 Å². The number of amides is 1. The Hall–Kier alpha value is -3.23. The van der Waals surface area contributed by atoms with Crippen molar-refractivity contribution in [3.05, 3.63) is 71.3 Å². The Balaban J connectivity index is 1.69. The highest BCUT2D eigenvalue weighted by Gasteiger charge is 2.53. The van der Waals surface area contributed by atoms with E-state index < -0.39 is 17.9 Å². The van der Waals surface area contributed by atoms with E-state index in [9.17, 15) is 14.7 Å². The van der Waals surface area contributed by atoms with Crippen molar-refractivity contribution >= 4 is 17.7 Å². The van der Waals surface area contributed by atoms with E-state index in [4.69, 9.17) is 10.1 Å². The third kappa shape index (κ3) is 8.73. The average Bonchev–Trinajstić information content (AvgIpc) is 3.24. The summed E-state index contributed by atoms with van der Waals surface area (Å²) in [6, 6.07) is 17.8. The minimum Gasteiger partial charge on any atom is -0.481 e. The minimum atomic E-state index is -0.946. The highest BCUT2D eigenvalue weighted by atomic mass is 16.4. The van der Waals surface area contributed by atoms with Crippen molar-refractivity contribution in [2.24, 2.45) is 21.7 Å². The largest absolute Gasteiger partial charge is 0.481 e. The fourth-order valence-electron chi connectivity index (χ4n) is 6.96. The van der Waals surface area contributed by atoms with Gasteiger partial charge < -0.3 is 20.4 Å². The van der Waals surface area contributed by atoms with Crippen LogP contribution in [0.2, 0.25) is 0 Å². The number of aliphatic hydroxyl groups excluding tert-OH is 1. The number of amidine groups is 1. The number of nitrogens with zero attached hydrogens (tertiary/aromatic N) is 3. The first-order chi connectivity index (χ1) is 21.1. The summed E-state index contributed by atoms with van der Waals surface area (Å²) in [5.41, 5.74) is 2.49. The van der Waals surface area contributed by atoms with E-state index in [1.807, 2.05) is 49.5 Å². The molecule has 1 aliphatic carbocycles. The molecule has 2 atom stereocenters. The average molecular weight is 619 g/mol. The van der Waals surface area contributed by atoms with Gasteiger partial charge in [0.05, 0.1) is 6.42 Å². The maximum Gasteiger partial charge on any atom is 0.305 e. The van der Waals surface area contributed by atoms with Crippen LogP contribution >= 0.6 is 0 Å². The molecular weight excluding hydrogens is 564 g/mol. The van der Waals surface area contributed by atoms with E-state index in [1.54, 1.807) is 0 Å². The van der Waals surface area contributed by atoms with Gasteiger partial charge in [0.25, 0.3) is 5.91 Å². The van der Waals surface area contributed by atoms with E-state index in [0.717, 1.165) is 44.1 Å². The summed E-state index contributed by atoms with van der Waals surface area (Å²) in [4.78, 5) is 33.4. The van der Waals surface area contributed by atoms with Crippen LogP contribution in [0.15, 0.2) is 59.6 Å². The summed E-state index contributed by atoms with van der Waals surface area (Å²) in [6.07, 6.45) is 4.66. The first-order valence-electron chi connectivity index (χ1n) is 16.5. The number of likely N-dealkylation sites (N-methyl/N-ethyl adjacent to an activating group) is 1. The van der Waals surface area contributed by atoms with Gasteiger partial charge in [0.1, 0.15) is 11.5 Å². The summed E-state index contributed by atoms with van der Waals surface area (Å²) in [5, 5.41) is 23.8. The Morgan fingerprint density at radius 2 is 1.64 bits per heavy atom. The van der Waals surface area contributed by atoms with Gasteiger partial charge in [-0.3, -0.25) is 9.59 Å². The zero-order valence-electron chi connectivity index (χ0n) is 28.3. The van der Waals surface area contributed by atoms with Crippen LogP contribution in [0, 0.1) is 16.7 Å². The molecule has 1 heterocycles. The first-order valence-corrected chi connectivity index (χ1v) is 16.5. The van der Waals surface area contributed by atoms with Crippen LogP contribution in [-0.4, -0.2) is 63.2 Å². The number of carbonyl (C=O) groups is 2. The number of carboxylic acids is 1. The predicted molar refractivity (Wildman–Crippen MR) is 180 cm³/mol. The van der Waals surface area contributed by atoms with Crippen LogP contribution in [-0.2, 0) is 11.3 Å². The second-order valence-electron chi connectivity index (χ2n) is 15.4. The van der Waals surface area contributed by atoms with Crippen LogP contribution in [0.4, 0.5) is 0 Å². The third-order valence-corrected chi connectivity index (χ3v) is 9.65. The van der Waals surface area contributed by atoms with Crippen LogP contribution in [0.3, 0.4) is 0 Å². The standard InChI is InChI=1S/C37H54N4O4/c1-35(2,3)21-19-30(27-13-15-28(16-14-27)33(44)38-24-20-31(42)43)41-34(45)32(40(7)25-26-11-9-8-10-12-26)39-37(41)22-17-29(18-23-37)36(4,5)6/h8-16,29-30,34,45H,17-25H2,1-7H3,(H,38,44)(H,42,43). The molecule has 3 N–H and O–H groups in total. The molecule has 1 saturated carbocycles. The van der Waals surface area contributed by atoms with E-state index in [-0.39, 0.29) is 35.7 Å². The van der Waals surface area contributed by atoms with Crippen LogP contribution in [0.5, 0.6) is 0 Å². The minimum absolute atomic E-state index is 0.0821. The lowest BCUT2D eigenvalue weighted by Gasteiger charge is -2.48. The molecule has 45 heavy (non-hydrogen) atoms. The molecule has 1 fully saturated rings. The topological polar surface area (TPSA) is 105 Å². The zero-order valence-corrected chi connectivity index (χ0v) is 28.3. The van der Waals surface area contributed by atoms with E-state index in [0.29, 0.717) is 23.9 Å². The van der Waals surface area contributed by atoms with Gasteiger partial charge in [-0.1, -0.05) is 84.0 Å². The lowest BCUT2D eigenvalue weighted by Crippen LogP contribution is -2.54. The molecule has 4 rings (SSSR count). The number of aliphatic hydroxyl groups is 1. The Labute approximate surface area is 269 Å². The number of carboxylic acid groups (broad SMARTS) is 1. The molecular formula is C37H54N4O4. The summed E-state index contributed by atoms with van der Waals surface area (Å²) < 4.78 is 0. The van der Waals surface area contributed by atoms with Gasteiger partial charge in [0.2, 0.25) is 0 Å². The highest BCUT2D eigenvalue weighted by Crippen LogP contribution is 2.51. The Kier molecular flexibility index (Phi) is 10.8. The molecule has 8 nitrogen and oxygen atoms in total. The molecule has 2 unspecified atom stereocenters. The molecule has 246 valence electrons. The van der Waals surface area contributed by atoms with Crippen molar-refractivity contribution < 1.29 is 19.8 Å². The van der Waals surface area contributed by atoms with Gasteiger partial charge in [-0.2, -0.15) is 0 Å². The summed E-state index contributed by atoms with van der Waals surface area (Å²) in [6.45, 7) is 14.4. The van der Waals surface area contributed by atoms with Gasteiger partial charge >= 0.3 is 5.97 Å². The molecule has 0 aromatic heterocycles. The number of aliphatic carboxylic acids is 1. The number of benzene rings is 2. The molecule has 8 heteroatoms. The Bertz CT molecular complexity index is 1320. The van der Waals surface area contributed by atoms with Gasteiger partial charge in [0, 0.05) is 31.7 Å². The third-order valence-electron chi connectivity index (χ3n) is 9.65. The fourth-order valence-corrected chi connectivity index (χ4v) is 6.96. The normalized spacial score (nSPS) is 23.1. The fraction of sp³-hybridized carbons (Fsp3) is 0.595. The molecule has 0 bridgehead atoms. The molecule has 2 aromatic rings. The number of rotatable bonds is 10. The lowest BCUT2D eigenvalue weighted by molar-refractivity contribution is -0.136. The quantitative estimate of drug-likeness (QED) is 0.269. The smallest absolute Gasteiger partial charge is 0.305 e. The second-order valence-corrected chi connectivity index (χ2v) is 15.4. The summed E-state index contributed by atoms with van der Waals surface area (Å²) in [7, 11) is 2.02. The van der Waals surface area contributed by atoms with Crippen molar-refractivity contribution in [1.29, 1.82) is 0 Å². The van der Waals surface area contributed by atoms with Crippen LogP contribution in [0.1, 0.15) is 114 Å². The maximum absolute atomic E-state index is 12.7. The molecule has 1 spiro atoms. The molecule has 1 amide bonds. The molecule has 2 aromatic carbocycles. The van der Waals surface area contributed by atoms with Crippen molar-refractivity contribution in [1.82, 2.24) is 15.1 Å². The van der Waals surface area contributed by atoms with Gasteiger partial charge in [-0.15, -0.1) is 0 Å². The number of hydrogen-bond acceptors (Lipinski definition) is 6. The van der Waals surface area contributed by atoms with E-state index in [2.05, 4.69) is 68.8 Å². The van der Waals surface area contributed by atoms with E-state index >= 15 is 0 Å². The molecule has 0 saturated heterocycles. The van der Waals surface area contributed by atoms with Crippen molar-refractivity contribution in [3.8, 4) is 0 Å². The van der Waals surface area contributed by atoms with Crippen molar-refractivity contribution in [3.63, 3.8) is 0 Å². The molecule has 0 radical (unpaired) electrons. The number of carbonyl (C=O) groups excluding carboxylic acids is 1.